The molecule has 0 aliphatic rings. The molecule has 0 spiro atoms. The highest BCUT2D eigenvalue weighted by molar-refractivity contribution is 7.92. The largest absolute Gasteiger partial charge is 0.495 e. The van der Waals surface area contributed by atoms with Gasteiger partial charge in [0.25, 0.3) is 10.0 Å². The summed E-state index contributed by atoms with van der Waals surface area (Å²) in [6.45, 7) is 3.77. The lowest BCUT2D eigenvalue weighted by Gasteiger charge is -2.34. The van der Waals surface area contributed by atoms with Gasteiger partial charge in [0.15, 0.2) is 11.5 Å². The Kier molecular flexibility index (Phi) is 13.5. The number of nitrogens with zero attached hydrogens (tertiary/aromatic N) is 2. The number of carbonyl (C=O) groups is 2. The van der Waals surface area contributed by atoms with E-state index in [0.29, 0.717) is 12.3 Å². The number of hydrogen-bond donors (Lipinski definition) is 1. The van der Waals surface area contributed by atoms with Crippen LogP contribution in [0.1, 0.15) is 36.5 Å². The van der Waals surface area contributed by atoms with E-state index in [1.165, 1.54) is 56.6 Å². The zero-order chi connectivity index (χ0) is 36.3. The first-order valence-electron chi connectivity index (χ1n) is 16.3. The molecule has 0 unspecified atom stereocenters. The van der Waals surface area contributed by atoms with Crippen molar-refractivity contribution < 1.29 is 32.2 Å². The fourth-order valence-electron chi connectivity index (χ4n) is 5.51. The maximum atomic E-state index is 14.8. The SMILES string of the molecule is CCCCNC(=O)[C@H](Cc1ccccc1)N(Cc1ccccc1C)C(=O)CN(c1cc(Cl)ccc1OC)S(=O)(=O)c1ccc(OC)c(OC)c1. The van der Waals surface area contributed by atoms with E-state index in [1.807, 2.05) is 68.4 Å². The van der Waals surface area contributed by atoms with Crippen molar-refractivity contribution in [2.45, 2.75) is 50.6 Å². The van der Waals surface area contributed by atoms with Crippen LogP contribution in [0.3, 0.4) is 0 Å². The van der Waals surface area contributed by atoms with Crippen LogP contribution in [0.15, 0.2) is 95.9 Å². The Bertz CT molecular complexity index is 1870. The van der Waals surface area contributed by atoms with Crippen LogP contribution in [0.4, 0.5) is 5.69 Å². The number of unbranched alkanes of at least 4 members (excludes halogenated alkanes) is 1. The molecule has 10 nitrogen and oxygen atoms in total. The summed E-state index contributed by atoms with van der Waals surface area (Å²) in [6.07, 6.45) is 1.85. The fraction of sp³-hybridized carbons (Fsp3) is 0.316. The molecule has 4 aromatic rings. The number of anilines is 1. The number of amides is 2. The van der Waals surface area contributed by atoms with Gasteiger partial charge in [-0.05, 0) is 60.4 Å². The molecule has 0 heterocycles. The minimum absolute atomic E-state index is 0.0472. The summed E-state index contributed by atoms with van der Waals surface area (Å²) >= 11 is 6.41. The van der Waals surface area contributed by atoms with Gasteiger partial charge in [-0.15, -0.1) is 0 Å². The zero-order valence-corrected chi connectivity index (χ0v) is 30.6. The van der Waals surface area contributed by atoms with Crippen LogP contribution in [0.25, 0.3) is 0 Å². The van der Waals surface area contributed by atoms with E-state index in [0.717, 1.165) is 33.8 Å². The second-order valence-electron chi connectivity index (χ2n) is 11.6. The van der Waals surface area contributed by atoms with E-state index in [4.69, 9.17) is 25.8 Å². The molecule has 0 saturated heterocycles. The molecule has 1 N–H and O–H groups in total. The van der Waals surface area contributed by atoms with E-state index in [2.05, 4.69) is 5.32 Å². The summed E-state index contributed by atoms with van der Waals surface area (Å²) in [7, 11) is -0.237. The first-order chi connectivity index (χ1) is 24.0. The van der Waals surface area contributed by atoms with Gasteiger partial charge in [0.05, 0.1) is 31.9 Å². The van der Waals surface area contributed by atoms with Crippen LogP contribution in [-0.4, -0.2) is 65.6 Å². The minimum atomic E-state index is -4.48. The van der Waals surface area contributed by atoms with Crippen molar-refractivity contribution in [3.05, 3.63) is 113 Å². The van der Waals surface area contributed by atoms with E-state index < -0.39 is 28.5 Å². The van der Waals surface area contributed by atoms with Gasteiger partial charge in [0, 0.05) is 30.6 Å². The van der Waals surface area contributed by atoms with Crippen LogP contribution >= 0.6 is 11.6 Å². The van der Waals surface area contributed by atoms with Gasteiger partial charge in [-0.25, -0.2) is 8.42 Å². The molecule has 0 aliphatic carbocycles. The van der Waals surface area contributed by atoms with Gasteiger partial charge in [0.2, 0.25) is 11.8 Å². The number of methoxy groups -OCH3 is 3. The van der Waals surface area contributed by atoms with Crippen molar-refractivity contribution in [2.75, 3.05) is 38.7 Å². The second-order valence-corrected chi connectivity index (χ2v) is 13.9. The van der Waals surface area contributed by atoms with Gasteiger partial charge in [-0.3, -0.25) is 13.9 Å². The first kappa shape index (κ1) is 38.1. The third kappa shape index (κ3) is 9.28. The van der Waals surface area contributed by atoms with Crippen LogP contribution in [-0.2, 0) is 32.6 Å². The van der Waals surface area contributed by atoms with Gasteiger partial charge in [-0.2, -0.15) is 0 Å². The molecule has 0 radical (unpaired) electrons. The minimum Gasteiger partial charge on any atom is -0.495 e. The Hall–Kier alpha value is -4.74. The summed E-state index contributed by atoms with van der Waals surface area (Å²) < 4.78 is 46.5. The number of sulfonamides is 1. The molecule has 2 amide bonds. The highest BCUT2D eigenvalue weighted by atomic mass is 35.5. The lowest BCUT2D eigenvalue weighted by Crippen LogP contribution is -2.53. The molecule has 4 aromatic carbocycles. The Morgan fingerprint density at radius 1 is 0.840 bits per heavy atom. The molecular formula is C38H44ClN3O7S. The average Bonchev–Trinajstić information content (AvgIpc) is 3.12. The lowest BCUT2D eigenvalue weighted by molar-refractivity contribution is -0.140. The molecular weight excluding hydrogens is 678 g/mol. The van der Waals surface area contributed by atoms with Gasteiger partial charge in [0.1, 0.15) is 18.3 Å². The number of hydrogen-bond acceptors (Lipinski definition) is 7. The van der Waals surface area contributed by atoms with Gasteiger partial charge in [-0.1, -0.05) is 79.5 Å². The molecule has 0 aromatic heterocycles. The molecule has 12 heteroatoms. The highest BCUT2D eigenvalue weighted by Crippen LogP contribution is 2.37. The molecule has 0 aliphatic heterocycles. The van der Waals surface area contributed by atoms with Gasteiger partial charge >= 0.3 is 0 Å². The fourth-order valence-corrected chi connectivity index (χ4v) is 7.11. The summed E-state index contributed by atoms with van der Waals surface area (Å²) in [6, 6.07) is 24.7. The van der Waals surface area contributed by atoms with Crippen molar-refractivity contribution in [1.82, 2.24) is 10.2 Å². The Morgan fingerprint density at radius 3 is 2.16 bits per heavy atom. The first-order valence-corrected chi connectivity index (χ1v) is 18.1. The van der Waals surface area contributed by atoms with Crippen molar-refractivity contribution >= 4 is 39.1 Å². The van der Waals surface area contributed by atoms with Crippen LogP contribution in [0.2, 0.25) is 5.02 Å². The maximum Gasteiger partial charge on any atom is 0.265 e. The van der Waals surface area contributed by atoms with Crippen LogP contribution < -0.4 is 23.8 Å². The highest BCUT2D eigenvalue weighted by Gasteiger charge is 2.36. The number of ether oxygens (including phenoxy) is 3. The van der Waals surface area contributed by atoms with Crippen molar-refractivity contribution in [3.8, 4) is 17.2 Å². The molecule has 0 saturated carbocycles. The van der Waals surface area contributed by atoms with Crippen LogP contribution in [0.5, 0.6) is 17.2 Å². The number of rotatable bonds is 17. The maximum absolute atomic E-state index is 14.8. The quantitative estimate of drug-likeness (QED) is 0.125. The van der Waals surface area contributed by atoms with Crippen molar-refractivity contribution in [2.24, 2.45) is 0 Å². The monoisotopic (exact) mass is 721 g/mol. The zero-order valence-electron chi connectivity index (χ0n) is 29.0. The van der Waals surface area contributed by atoms with Crippen LogP contribution in [0, 0.1) is 6.92 Å². The third-order valence-electron chi connectivity index (χ3n) is 8.33. The average molecular weight is 722 g/mol. The van der Waals surface area contributed by atoms with E-state index >= 15 is 0 Å². The normalized spacial score (nSPS) is 11.7. The Labute approximate surface area is 300 Å². The summed E-state index contributed by atoms with van der Waals surface area (Å²) in [5, 5.41) is 3.23. The molecule has 0 bridgehead atoms. The molecule has 266 valence electrons. The predicted molar refractivity (Wildman–Crippen MR) is 196 cm³/mol. The van der Waals surface area contributed by atoms with E-state index in [-0.39, 0.29) is 46.0 Å². The molecule has 50 heavy (non-hydrogen) atoms. The number of halogens is 1. The smallest absolute Gasteiger partial charge is 0.265 e. The molecule has 4 rings (SSSR count). The van der Waals surface area contributed by atoms with E-state index in [9.17, 15) is 18.0 Å². The Balaban J connectivity index is 1.88. The molecule has 1 atom stereocenters. The van der Waals surface area contributed by atoms with Crippen molar-refractivity contribution in [1.29, 1.82) is 0 Å². The van der Waals surface area contributed by atoms with E-state index in [1.54, 1.807) is 6.07 Å². The Morgan fingerprint density at radius 2 is 1.50 bits per heavy atom. The summed E-state index contributed by atoms with van der Waals surface area (Å²) in [5.41, 5.74) is 2.62. The third-order valence-corrected chi connectivity index (χ3v) is 10.3. The predicted octanol–water partition coefficient (Wildman–Crippen LogP) is 6.43. The van der Waals surface area contributed by atoms with Crippen molar-refractivity contribution in [3.63, 3.8) is 0 Å². The van der Waals surface area contributed by atoms with Gasteiger partial charge < -0.3 is 24.4 Å². The number of benzene rings is 4. The lowest BCUT2D eigenvalue weighted by atomic mass is 10.0. The number of carbonyl (C=O) groups excluding carboxylic acids is 2. The second kappa shape index (κ2) is 17.8. The standard InChI is InChI=1S/C38H44ClN3O7S/c1-6-7-21-40-38(44)33(22-28-14-9-8-10-15-28)41(25-29-16-12-11-13-27(29)2)37(43)26-42(32-23-30(39)17-19-34(32)47-3)50(45,46)31-18-20-35(48-4)36(24-31)49-5/h8-20,23-24,33H,6-7,21-22,25-26H2,1-5H3,(H,40,44)/t33-/m0/s1. The summed E-state index contributed by atoms with van der Waals surface area (Å²) in [4.78, 5) is 30.1. The molecule has 0 fully saturated rings. The topological polar surface area (TPSA) is 114 Å². The number of nitrogens with one attached hydrogen (secondary N) is 1. The number of aryl methyl sites for hydroxylation is 1. The summed E-state index contributed by atoms with van der Waals surface area (Å²) in [5.74, 6) is -0.248.